The van der Waals surface area contributed by atoms with Crippen LogP contribution in [0.25, 0.3) is 0 Å². The molecule has 5 nitrogen and oxygen atoms in total. The van der Waals surface area contributed by atoms with Crippen molar-refractivity contribution in [2.24, 2.45) is 0 Å². The second-order valence-electron chi connectivity index (χ2n) is 6.88. The number of hydrogen-bond acceptors (Lipinski definition) is 4. The van der Waals surface area contributed by atoms with Gasteiger partial charge in [0.15, 0.2) is 0 Å². The first-order chi connectivity index (χ1) is 12.5. The van der Waals surface area contributed by atoms with Crippen LogP contribution in [0, 0.1) is 0 Å². The maximum Gasteiger partial charge on any atom is 1.00 e. The number of allylic oxidation sites excluding steroid dienone is 1. The molecule has 0 amide bonds. The van der Waals surface area contributed by atoms with Crippen LogP contribution >= 0.6 is 0 Å². The second kappa shape index (κ2) is 26.6. The summed E-state index contributed by atoms with van der Waals surface area (Å²) in [6.45, 7) is 6.06. The van der Waals surface area contributed by atoms with E-state index in [9.17, 15) is 0 Å². The first-order valence-electron chi connectivity index (χ1n) is 10.4. The van der Waals surface area contributed by atoms with Crippen molar-refractivity contribution in [3.63, 3.8) is 0 Å². The van der Waals surface area contributed by atoms with E-state index in [1.807, 2.05) is 6.08 Å². The summed E-state index contributed by atoms with van der Waals surface area (Å²) in [5.41, 5.74) is 0. The van der Waals surface area contributed by atoms with Gasteiger partial charge in [-0.2, -0.15) is 8.42 Å². The minimum Gasteiger partial charge on any atom is -1.00 e. The van der Waals surface area contributed by atoms with Crippen LogP contribution in [0.2, 0.25) is 0 Å². The number of rotatable bonds is 18. The SMILES string of the molecule is C=CCCCCCCCCCCCCCCCCCC.O=S(=O)(O)OO.[H-].[Na+]. The Morgan fingerprint density at radius 2 is 1.04 bits per heavy atom. The molecule has 0 heterocycles. The van der Waals surface area contributed by atoms with E-state index in [1.165, 1.54) is 109 Å². The first kappa shape index (κ1) is 32.2. The predicted molar refractivity (Wildman–Crippen MR) is 111 cm³/mol. The van der Waals surface area contributed by atoms with Crippen molar-refractivity contribution in [2.45, 2.75) is 116 Å². The molecule has 0 aliphatic heterocycles. The average molecular weight is 419 g/mol. The normalized spacial score (nSPS) is 10.6. The zero-order valence-corrected chi connectivity index (χ0v) is 20.6. The Bertz CT molecular complexity index is 381. The Balaban J connectivity index is -0.000000312. The standard InChI is InChI=1S/C20H40.Na.H2O5S.H/c1-3-5-7-9-11-13-15-17-19-20-18-16-14-12-10-8-6-4-2;;1-5-6(2,3)4;/h3H,1,4-20H2,2H3;;1H,(H,2,3,4);/q;+1;;-1. The summed E-state index contributed by atoms with van der Waals surface area (Å²) >= 11 is 0. The fourth-order valence-electron chi connectivity index (χ4n) is 2.84. The summed E-state index contributed by atoms with van der Waals surface area (Å²) in [5.74, 6) is 0. The molecule has 0 saturated heterocycles. The molecule has 0 aromatic rings. The van der Waals surface area contributed by atoms with Crippen molar-refractivity contribution < 1.29 is 53.5 Å². The van der Waals surface area contributed by atoms with Gasteiger partial charge in [0.25, 0.3) is 0 Å². The van der Waals surface area contributed by atoms with Crippen molar-refractivity contribution in [2.75, 3.05) is 0 Å². The van der Waals surface area contributed by atoms with E-state index in [2.05, 4.69) is 17.8 Å². The van der Waals surface area contributed by atoms with Crippen LogP contribution in [0.4, 0.5) is 0 Å². The average Bonchev–Trinajstić information content (AvgIpc) is 2.61. The van der Waals surface area contributed by atoms with Crippen molar-refractivity contribution in [1.82, 2.24) is 0 Å². The van der Waals surface area contributed by atoms with E-state index in [1.54, 1.807) is 0 Å². The van der Waals surface area contributed by atoms with Gasteiger partial charge in [0, 0.05) is 0 Å². The molecular formula is C20H43NaO5S. The molecule has 0 saturated carbocycles. The third kappa shape index (κ3) is 37.9. The molecule has 0 unspecified atom stereocenters. The third-order valence-electron chi connectivity index (χ3n) is 4.36. The van der Waals surface area contributed by atoms with Crippen LogP contribution in [0.1, 0.15) is 118 Å². The quantitative estimate of drug-likeness (QED) is 0.0869. The summed E-state index contributed by atoms with van der Waals surface area (Å²) in [7, 11) is -4.61. The van der Waals surface area contributed by atoms with Crippen LogP contribution in [0.5, 0.6) is 0 Å². The maximum absolute atomic E-state index is 9.08. The van der Waals surface area contributed by atoms with Crippen molar-refractivity contribution in [1.29, 1.82) is 0 Å². The van der Waals surface area contributed by atoms with Crippen molar-refractivity contribution in [3.8, 4) is 0 Å². The molecule has 0 aliphatic carbocycles. The van der Waals surface area contributed by atoms with Gasteiger partial charge in [-0.15, -0.1) is 6.58 Å². The van der Waals surface area contributed by atoms with Gasteiger partial charge in [0.05, 0.1) is 0 Å². The van der Waals surface area contributed by atoms with E-state index >= 15 is 0 Å². The Labute approximate surface area is 192 Å². The molecule has 0 fully saturated rings. The van der Waals surface area contributed by atoms with Crippen LogP contribution in [-0.2, 0) is 14.7 Å². The van der Waals surface area contributed by atoms with Crippen molar-refractivity contribution in [3.05, 3.63) is 12.7 Å². The summed E-state index contributed by atoms with van der Waals surface area (Å²) in [6.07, 6.45) is 26.4. The van der Waals surface area contributed by atoms with Gasteiger partial charge in [-0.25, -0.2) is 5.26 Å². The van der Waals surface area contributed by atoms with Crippen LogP contribution in [0.15, 0.2) is 12.7 Å². The number of unbranched alkanes of at least 4 members (excludes halogenated alkanes) is 16. The Hall–Kier alpha value is 0.570. The van der Waals surface area contributed by atoms with Crippen LogP contribution < -0.4 is 29.6 Å². The Morgan fingerprint density at radius 3 is 1.26 bits per heavy atom. The van der Waals surface area contributed by atoms with Gasteiger partial charge < -0.3 is 1.43 Å². The molecule has 0 bridgehead atoms. The Morgan fingerprint density at radius 1 is 0.778 bits per heavy atom. The van der Waals surface area contributed by atoms with Crippen LogP contribution in [-0.4, -0.2) is 18.2 Å². The fraction of sp³-hybridized carbons (Fsp3) is 0.900. The summed E-state index contributed by atoms with van der Waals surface area (Å²) in [4.78, 5) is 0. The van der Waals surface area contributed by atoms with E-state index in [-0.39, 0.29) is 31.0 Å². The topological polar surface area (TPSA) is 83.8 Å². The molecule has 160 valence electrons. The second-order valence-corrected chi connectivity index (χ2v) is 7.89. The monoisotopic (exact) mass is 418 g/mol. The first-order valence-corrected chi connectivity index (χ1v) is 11.8. The smallest absolute Gasteiger partial charge is 1.00 e. The van der Waals surface area contributed by atoms with Gasteiger partial charge in [0.1, 0.15) is 0 Å². The molecule has 0 radical (unpaired) electrons. The number of hydrogen-bond donors (Lipinski definition) is 2. The molecule has 0 atom stereocenters. The Kier molecular flexibility index (Phi) is 31.7. The summed E-state index contributed by atoms with van der Waals surface area (Å²) in [5, 5.41) is 7.06. The molecule has 7 heteroatoms. The minimum atomic E-state index is -4.61. The van der Waals surface area contributed by atoms with Crippen molar-refractivity contribution >= 4 is 10.4 Å². The molecule has 0 aliphatic rings. The zero-order chi connectivity index (χ0) is 19.9. The van der Waals surface area contributed by atoms with Gasteiger partial charge >= 0.3 is 40.0 Å². The molecule has 0 aromatic carbocycles. The van der Waals surface area contributed by atoms with Gasteiger partial charge in [0.2, 0.25) is 0 Å². The third-order valence-corrected chi connectivity index (χ3v) is 4.54. The van der Waals surface area contributed by atoms with E-state index in [0.29, 0.717) is 0 Å². The molecule has 0 rings (SSSR count). The largest absolute Gasteiger partial charge is 1.00 e. The van der Waals surface area contributed by atoms with Gasteiger partial charge in [-0.05, 0) is 12.8 Å². The van der Waals surface area contributed by atoms with E-state index in [0.717, 1.165) is 0 Å². The van der Waals surface area contributed by atoms with Gasteiger partial charge in [-0.3, -0.25) is 4.55 Å². The molecular weight excluding hydrogens is 375 g/mol. The minimum absolute atomic E-state index is 0. The maximum atomic E-state index is 9.08. The summed E-state index contributed by atoms with van der Waals surface area (Å²) < 4.78 is 28.0. The molecule has 0 spiro atoms. The predicted octanol–water partition coefficient (Wildman–Crippen LogP) is 4.22. The van der Waals surface area contributed by atoms with Gasteiger partial charge in [-0.1, -0.05) is 114 Å². The van der Waals surface area contributed by atoms with E-state index in [4.69, 9.17) is 18.2 Å². The zero-order valence-electron chi connectivity index (χ0n) is 18.8. The van der Waals surface area contributed by atoms with E-state index < -0.39 is 10.4 Å². The molecule has 0 aromatic heterocycles. The van der Waals surface area contributed by atoms with Crippen LogP contribution in [0.3, 0.4) is 0 Å². The molecule has 2 N–H and O–H groups in total. The molecule has 27 heavy (non-hydrogen) atoms. The fourth-order valence-corrected chi connectivity index (χ4v) is 2.84. The summed E-state index contributed by atoms with van der Waals surface area (Å²) in [6, 6.07) is 0.